The van der Waals surface area contributed by atoms with Gasteiger partial charge in [-0.2, -0.15) is 13.2 Å². The highest BCUT2D eigenvalue weighted by Gasteiger charge is 2.49. The van der Waals surface area contributed by atoms with Gasteiger partial charge in [0.05, 0.1) is 30.7 Å². The Morgan fingerprint density at radius 2 is 2.11 bits per heavy atom. The third kappa shape index (κ3) is 5.52. The normalized spacial score (nSPS) is 22.0. The number of carbonyl (C=O) groups excluding carboxylic acids is 2. The van der Waals surface area contributed by atoms with Crippen LogP contribution in [-0.2, 0) is 19.1 Å². The number of alkyl halides is 3. The molecular formula is C23H23ClF3N3O4S. The molecule has 7 nitrogen and oxygen atoms in total. The summed E-state index contributed by atoms with van der Waals surface area (Å²) in [5.41, 5.74) is -1.35. The average molecular weight is 530 g/mol. The second kappa shape index (κ2) is 10.6. The summed E-state index contributed by atoms with van der Waals surface area (Å²) < 4.78 is 52.7. The molecule has 0 aliphatic carbocycles. The molecule has 35 heavy (non-hydrogen) atoms. The van der Waals surface area contributed by atoms with Crippen LogP contribution in [0.15, 0.2) is 51.6 Å². The number of halogens is 4. The van der Waals surface area contributed by atoms with E-state index in [-0.39, 0.29) is 40.8 Å². The van der Waals surface area contributed by atoms with E-state index >= 15 is 0 Å². The Balaban J connectivity index is 1.71. The van der Waals surface area contributed by atoms with E-state index in [2.05, 4.69) is 10.3 Å². The van der Waals surface area contributed by atoms with Crippen LogP contribution < -0.4 is 5.32 Å². The molecular weight excluding hydrogens is 507 g/mol. The van der Waals surface area contributed by atoms with Crippen molar-refractivity contribution < 1.29 is 32.2 Å². The lowest BCUT2D eigenvalue weighted by atomic mass is 9.93. The number of esters is 1. The molecule has 12 heteroatoms. The van der Waals surface area contributed by atoms with E-state index in [9.17, 15) is 22.8 Å². The molecule has 0 bridgehead atoms. The zero-order valence-electron chi connectivity index (χ0n) is 18.7. The number of hydrogen-bond donors (Lipinski definition) is 1. The first kappa shape index (κ1) is 25.6. The standard InChI is InChI=1S/C23H23ClF3N3O4S/c1-2-33-21(32)18-19(15-7-3-4-8-16(15)24)30-13(10-17(31)28-11-14-6-5-9-34-14)12-35-22(30)29-20(18)23(25,26)27/h3-4,7-8,12,14,19H,2,5-6,9-11H2,1H3,(H,28,31). The summed E-state index contributed by atoms with van der Waals surface area (Å²) in [4.78, 5) is 30.8. The Labute approximate surface area is 209 Å². The van der Waals surface area contributed by atoms with E-state index in [1.807, 2.05) is 0 Å². The summed E-state index contributed by atoms with van der Waals surface area (Å²) in [6.45, 7) is 2.38. The van der Waals surface area contributed by atoms with Gasteiger partial charge >= 0.3 is 12.1 Å². The number of fused-ring (bicyclic) bond motifs is 1. The van der Waals surface area contributed by atoms with Crippen molar-refractivity contribution in [2.45, 2.75) is 44.5 Å². The molecule has 0 radical (unpaired) electrons. The van der Waals surface area contributed by atoms with Gasteiger partial charge in [0, 0.05) is 23.9 Å². The monoisotopic (exact) mass is 529 g/mol. The van der Waals surface area contributed by atoms with Gasteiger partial charge in [-0.3, -0.25) is 4.79 Å². The highest BCUT2D eigenvalue weighted by Crippen LogP contribution is 2.49. The predicted molar refractivity (Wildman–Crippen MR) is 125 cm³/mol. The maximum atomic E-state index is 14.1. The summed E-state index contributed by atoms with van der Waals surface area (Å²) >= 11 is 7.34. The number of thioether (sulfide) groups is 1. The molecule has 2 atom stereocenters. The van der Waals surface area contributed by atoms with E-state index in [0.29, 0.717) is 18.8 Å². The zero-order valence-corrected chi connectivity index (χ0v) is 20.3. The molecule has 188 valence electrons. The van der Waals surface area contributed by atoms with Crippen molar-refractivity contribution in [1.29, 1.82) is 0 Å². The second-order valence-corrected chi connectivity index (χ2v) is 9.26. The average Bonchev–Trinajstić information content (AvgIpc) is 3.47. The lowest BCUT2D eigenvalue weighted by molar-refractivity contribution is -0.140. The first-order valence-electron chi connectivity index (χ1n) is 11.1. The molecule has 4 rings (SSSR count). The van der Waals surface area contributed by atoms with Crippen LogP contribution in [0.25, 0.3) is 0 Å². The quantitative estimate of drug-likeness (QED) is 0.516. The van der Waals surface area contributed by atoms with E-state index in [4.69, 9.17) is 21.1 Å². The maximum absolute atomic E-state index is 14.1. The molecule has 3 aliphatic heterocycles. The lowest BCUT2D eigenvalue weighted by Gasteiger charge is -2.37. The number of nitrogens with one attached hydrogen (secondary N) is 1. The number of benzene rings is 1. The molecule has 1 amide bonds. The summed E-state index contributed by atoms with van der Waals surface area (Å²) in [5, 5.41) is 4.54. The van der Waals surface area contributed by atoms with Gasteiger partial charge < -0.3 is 19.7 Å². The number of ether oxygens (including phenoxy) is 2. The van der Waals surface area contributed by atoms with Crippen molar-refractivity contribution in [2.75, 3.05) is 19.8 Å². The Morgan fingerprint density at radius 1 is 1.34 bits per heavy atom. The number of allylic oxidation sites excluding steroid dienone is 1. The molecule has 3 aliphatic rings. The highest BCUT2D eigenvalue weighted by atomic mass is 35.5. The largest absolute Gasteiger partial charge is 0.463 e. The van der Waals surface area contributed by atoms with Crippen LogP contribution in [0, 0.1) is 0 Å². The Kier molecular flexibility index (Phi) is 7.77. The van der Waals surface area contributed by atoms with Crippen LogP contribution in [0.5, 0.6) is 0 Å². The molecule has 3 heterocycles. The van der Waals surface area contributed by atoms with Crippen LogP contribution >= 0.6 is 23.4 Å². The van der Waals surface area contributed by atoms with Crippen LogP contribution in [0.2, 0.25) is 5.02 Å². The summed E-state index contributed by atoms with van der Waals surface area (Å²) in [7, 11) is 0. The first-order valence-corrected chi connectivity index (χ1v) is 12.3. The molecule has 1 fully saturated rings. The van der Waals surface area contributed by atoms with E-state index in [1.54, 1.807) is 23.6 Å². The van der Waals surface area contributed by atoms with E-state index in [0.717, 1.165) is 24.6 Å². The molecule has 1 aromatic rings. The molecule has 0 saturated carbocycles. The van der Waals surface area contributed by atoms with Gasteiger partial charge in [0.25, 0.3) is 0 Å². The topological polar surface area (TPSA) is 80.2 Å². The maximum Gasteiger partial charge on any atom is 0.434 e. The van der Waals surface area contributed by atoms with Gasteiger partial charge in [0.1, 0.15) is 0 Å². The molecule has 2 unspecified atom stereocenters. The third-order valence-corrected chi connectivity index (χ3v) is 6.90. The smallest absolute Gasteiger partial charge is 0.434 e. The number of rotatable bonds is 7. The van der Waals surface area contributed by atoms with Crippen molar-refractivity contribution in [2.24, 2.45) is 4.99 Å². The second-order valence-electron chi connectivity index (χ2n) is 8.01. The number of aliphatic imine (C=N–C) groups is 1. The summed E-state index contributed by atoms with van der Waals surface area (Å²) in [6, 6.07) is 5.04. The van der Waals surface area contributed by atoms with Crippen molar-refractivity contribution in [3.05, 3.63) is 57.2 Å². The van der Waals surface area contributed by atoms with Crippen molar-refractivity contribution >= 4 is 40.4 Å². The fourth-order valence-corrected chi connectivity index (χ4v) is 5.30. The number of amides is 1. The van der Waals surface area contributed by atoms with Crippen LogP contribution in [0.4, 0.5) is 13.2 Å². The Morgan fingerprint density at radius 3 is 2.77 bits per heavy atom. The minimum Gasteiger partial charge on any atom is -0.463 e. The highest BCUT2D eigenvalue weighted by molar-refractivity contribution is 8.16. The Bertz CT molecular complexity index is 1100. The van der Waals surface area contributed by atoms with Gasteiger partial charge in [-0.1, -0.05) is 41.6 Å². The predicted octanol–water partition coefficient (Wildman–Crippen LogP) is 4.71. The fourth-order valence-electron chi connectivity index (χ4n) is 4.14. The van der Waals surface area contributed by atoms with Gasteiger partial charge in [-0.05, 0) is 36.8 Å². The van der Waals surface area contributed by atoms with Gasteiger partial charge in [0.15, 0.2) is 10.9 Å². The fraction of sp³-hybridized carbons (Fsp3) is 0.435. The number of carbonyl (C=O) groups is 2. The number of amidine groups is 1. The molecule has 1 saturated heterocycles. The van der Waals surface area contributed by atoms with Crippen LogP contribution in [0.3, 0.4) is 0 Å². The summed E-state index contributed by atoms with van der Waals surface area (Å²) in [5.74, 6) is -1.47. The van der Waals surface area contributed by atoms with Crippen molar-refractivity contribution in [3.63, 3.8) is 0 Å². The van der Waals surface area contributed by atoms with E-state index < -0.39 is 29.5 Å². The summed E-state index contributed by atoms with van der Waals surface area (Å²) in [6.07, 6.45) is -3.31. The minimum atomic E-state index is -4.91. The van der Waals surface area contributed by atoms with Gasteiger partial charge in [-0.25, -0.2) is 9.79 Å². The van der Waals surface area contributed by atoms with E-state index in [1.165, 1.54) is 17.9 Å². The van der Waals surface area contributed by atoms with Crippen LogP contribution in [0.1, 0.15) is 37.8 Å². The number of hydrogen-bond acceptors (Lipinski definition) is 7. The lowest BCUT2D eigenvalue weighted by Crippen LogP contribution is -2.40. The van der Waals surface area contributed by atoms with Gasteiger partial charge in [-0.15, -0.1) is 0 Å². The van der Waals surface area contributed by atoms with Crippen molar-refractivity contribution in [3.8, 4) is 0 Å². The van der Waals surface area contributed by atoms with Crippen molar-refractivity contribution in [1.82, 2.24) is 10.2 Å². The van der Waals surface area contributed by atoms with Gasteiger partial charge in [0.2, 0.25) is 5.91 Å². The zero-order chi connectivity index (χ0) is 25.2. The number of nitrogens with zero attached hydrogens (tertiary/aromatic N) is 2. The Hall–Kier alpha value is -2.50. The molecule has 0 aromatic heterocycles. The first-order chi connectivity index (χ1) is 16.7. The molecule has 0 spiro atoms. The minimum absolute atomic E-state index is 0.00257. The van der Waals surface area contributed by atoms with Crippen LogP contribution in [-0.4, -0.2) is 54.0 Å². The SMILES string of the molecule is CCOC(=O)C1=C(C(F)(F)F)N=C2SC=C(CC(=O)NCC3CCCO3)N2C1c1ccccc1Cl. The molecule has 1 aromatic carbocycles. The third-order valence-electron chi connectivity index (χ3n) is 5.67. The molecule has 1 N–H and O–H groups in total.